The zero-order valence-corrected chi connectivity index (χ0v) is 13.0. The van der Waals surface area contributed by atoms with E-state index in [1.165, 1.54) is 29.5 Å². The minimum Gasteiger partial charge on any atom is -0.334 e. The fourth-order valence-corrected chi connectivity index (χ4v) is 3.05. The van der Waals surface area contributed by atoms with Gasteiger partial charge < -0.3 is 10.6 Å². The van der Waals surface area contributed by atoms with Crippen molar-refractivity contribution in [2.24, 2.45) is 0 Å². The van der Waals surface area contributed by atoms with E-state index >= 15 is 0 Å². The number of nitrogens with one attached hydrogen (secondary N) is 2. The molecule has 3 rings (SSSR count). The molecule has 2 N–H and O–H groups in total. The lowest BCUT2D eigenvalue weighted by atomic mass is 9.90. The van der Waals surface area contributed by atoms with Gasteiger partial charge in [0, 0.05) is 12.2 Å². The maximum Gasteiger partial charge on any atom is 0.319 e. The minimum absolute atomic E-state index is 0.137. The number of benzene rings is 2. The monoisotopic (exact) mass is 294 g/mol. The SMILES string of the molecule is Cc1ccccc1CNC(=O)Nc1cccc2c1CCCC2. The largest absolute Gasteiger partial charge is 0.334 e. The van der Waals surface area contributed by atoms with E-state index in [-0.39, 0.29) is 6.03 Å². The first-order valence-electron chi connectivity index (χ1n) is 7.94. The Morgan fingerprint density at radius 1 is 1.05 bits per heavy atom. The van der Waals surface area contributed by atoms with Crippen molar-refractivity contribution in [1.82, 2.24) is 5.32 Å². The number of hydrogen-bond acceptors (Lipinski definition) is 1. The van der Waals surface area contributed by atoms with Crippen LogP contribution >= 0.6 is 0 Å². The van der Waals surface area contributed by atoms with Crippen molar-refractivity contribution in [2.75, 3.05) is 5.32 Å². The Morgan fingerprint density at radius 2 is 1.86 bits per heavy atom. The van der Waals surface area contributed by atoms with Crippen molar-refractivity contribution in [3.05, 3.63) is 64.7 Å². The quantitative estimate of drug-likeness (QED) is 0.875. The molecule has 2 aromatic carbocycles. The molecule has 0 unspecified atom stereocenters. The standard InChI is InChI=1S/C19H22N2O/c1-14-7-2-3-9-16(14)13-20-19(22)21-18-12-6-10-15-8-4-5-11-17(15)18/h2-3,6-7,9-10,12H,4-5,8,11,13H2,1H3,(H2,20,21,22). The number of rotatable bonds is 3. The molecule has 0 fully saturated rings. The molecule has 2 aromatic rings. The lowest BCUT2D eigenvalue weighted by Crippen LogP contribution is -2.29. The summed E-state index contributed by atoms with van der Waals surface area (Å²) in [5.41, 5.74) is 5.98. The van der Waals surface area contributed by atoms with Crippen LogP contribution in [0, 0.1) is 6.92 Å². The molecule has 0 radical (unpaired) electrons. The van der Waals surface area contributed by atoms with Gasteiger partial charge in [0.05, 0.1) is 0 Å². The van der Waals surface area contributed by atoms with Crippen molar-refractivity contribution < 1.29 is 4.79 Å². The first-order valence-corrected chi connectivity index (χ1v) is 7.94. The Labute approximate surface area is 131 Å². The molecule has 3 nitrogen and oxygen atoms in total. The third-order valence-corrected chi connectivity index (χ3v) is 4.34. The Morgan fingerprint density at radius 3 is 2.73 bits per heavy atom. The number of carbonyl (C=O) groups excluding carboxylic acids is 1. The summed E-state index contributed by atoms with van der Waals surface area (Å²) in [4.78, 5) is 12.2. The second-order valence-electron chi connectivity index (χ2n) is 5.88. The highest BCUT2D eigenvalue weighted by Gasteiger charge is 2.14. The van der Waals surface area contributed by atoms with Crippen LogP contribution in [0.3, 0.4) is 0 Å². The normalized spacial score (nSPS) is 13.3. The van der Waals surface area contributed by atoms with Crippen LogP contribution in [0.1, 0.15) is 35.1 Å². The van der Waals surface area contributed by atoms with Crippen molar-refractivity contribution in [1.29, 1.82) is 0 Å². The van der Waals surface area contributed by atoms with Gasteiger partial charge in [-0.1, -0.05) is 36.4 Å². The smallest absolute Gasteiger partial charge is 0.319 e. The number of aryl methyl sites for hydroxylation is 2. The third-order valence-electron chi connectivity index (χ3n) is 4.34. The highest BCUT2D eigenvalue weighted by molar-refractivity contribution is 5.90. The lowest BCUT2D eigenvalue weighted by molar-refractivity contribution is 0.251. The maximum atomic E-state index is 12.2. The highest BCUT2D eigenvalue weighted by atomic mass is 16.2. The average molecular weight is 294 g/mol. The maximum absolute atomic E-state index is 12.2. The molecule has 0 saturated carbocycles. The van der Waals surface area contributed by atoms with Crippen LogP contribution in [0.4, 0.5) is 10.5 Å². The summed E-state index contributed by atoms with van der Waals surface area (Å²) >= 11 is 0. The molecular weight excluding hydrogens is 272 g/mol. The van der Waals surface area contributed by atoms with Crippen LogP contribution in [0.5, 0.6) is 0 Å². The van der Waals surface area contributed by atoms with Gasteiger partial charge in [-0.2, -0.15) is 0 Å². The van der Waals surface area contributed by atoms with Gasteiger partial charge in [-0.05, 0) is 60.9 Å². The number of urea groups is 1. The topological polar surface area (TPSA) is 41.1 Å². The Bertz CT molecular complexity index is 679. The summed E-state index contributed by atoms with van der Waals surface area (Å²) in [6.07, 6.45) is 4.63. The Balaban J connectivity index is 1.64. The number of carbonyl (C=O) groups is 1. The minimum atomic E-state index is -0.137. The first kappa shape index (κ1) is 14.6. The molecule has 0 spiro atoms. The van der Waals surface area contributed by atoms with Gasteiger partial charge in [0.1, 0.15) is 0 Å². The molecular formula is C19H22N2O. The predicted octanol–water partition coefficient (Wildman–Crippen LogP) is 4.20. The van der Waals surface area contributed by atoms with Gasteiger partial charge in [0.15, 0.2) is 0 Å². The van der Waals surface area contributed by atoms with Gasteiger partial charge in [-0.25, -0.2) is 4.79 Å². The molecule has 0 heterocycles. The lowest BCUT2D eigenvalue weighted by Gasteiger charge is -2.19. The molecule has 3 heteroatoms. The van der Waals surface area contributed by atoms with E-state index in [1.54, 1.807) is 0 Å². The second kappa shape index (κ2) is 6.65. The number of amides is 2. The van der Waals surface area contributed by atoms with Crippen LogP contribution in [0.25, 0.3) is 0 Å². The molecule has 1 aliphatic rings. The van der Waals surface area contributed by atoms with Gasteiger partial charge >= 0.3 is 6.03 Å². The summed E-state index contributed by atoms with van der Waals surface area (Å²) in [6, 6.07) is 14.2. The molecule has 0 bridgehead atoms. The van der Waals surface area contributed by atoms with Crippen molar-refractivity contribution in [2.45, 2.75) is 39.2 Å². The van der Waals surface area contributed by atoms with E-state index in [1.807, 2.05) is 30.3 Å². The second-order valence-corrected chi connectivity index (χ2v) is 5.88. The van der Waals surface area contributed by atoms with E-state index in [2.05, 4.69) is 29.7 Å². The summed E-state index contributed by atoms with van der Waals surface area (Å²) in [6.45, 7) is 2.61. The number of hydrogen-bond donors (Lipinski definition) is 2. The molecule has 22 heavy (non-hydrogen) atoms. The summed E-state index contributed by atoms with van der Waals surface area (Å²) < 4.78 is 0. The first-order chi connectivity index (χ1) is 10.7. The van der Waals surface area contributed by atoms with Crippen molar-refractivity contribution in [3.8, 4) is 0 Å². The van der Waals surface area contributed by atoms with Gasteiger partial charge in [-0.15, -0.1) is 0 Å². The summed E-state index contributed by atoms with van der Waals surface area (Å²) in [7, 11) is 0. The van der Waals surface area contributed by atoms with Crippen LogP contribution < -0.4 is 10.6 Å². The third kappa shape index (κ3) is 3.30. The molecule has 0 atom stereocenters. The zero-order valence-electron chi connectivity index (χ0n) is 13.0. The van der Waals surface area contributed by atoms with Crippen LogP contribution in [0.2, 0.25) is 0 Å². The van der Waals surface area contributed by atoms with Gasteiger partial charge in [0.2, 0.25) is 0 Å². The fraction of sp³-hybridized carbons (Fsp3) is 0.316. The average Bonchev–Trinajstić information content (AvgIpc) is 2.54. The number of anilines is 1. The fourth-order valence-electron chi connectivity index (χ4n) is 3.05. The van der Waals surface area contributed by atoms with E-state index in [4.69, 9.17) is 0 Å². The van der Waals surface area contributed by atoms with E-state index in [9.17, 15) is 4.79 Å². The molecule has 114 valence electrons. The van der Waals surface area contributed by atoms with Crippen LogP contribution in [0.15, 0.2) is 42.5 Å². The predicted molar refractivity (Wildman–Crippen MR) is 90.1 cm³/mol. The Hall–Kier alpha value is -2.29. The highest BCUT2D eigenvalue weighted by Crippen LogP contribution is 2.27. The summed E-state index contributed by atoms with van der Waals surface area (Å²) in [5.74, 6) is 0. The number of fused-ring (bicyclic) bond motifs is 1. The molecule has 0 saturated heterocycles. The molecule has 0 aliphatic heterocycles. The Kier molecular flexibility index (Phi) is 4.42. The summed E-state index contributed by atoms with van der Waals surface area (Å²) in [5, 5.41) is 5.95. The van der Waals surface area contributed by atoms with Crippen LogP contribution in [-0.2, 0) is 19.4 Å². The van der Waals surface area contributed by atoms with E-state index < -0.39 is 0 Å². The van der Waals surface area contributed by atoms with Crippen molar-refractivity contribution in [3.63, 3.8) is 0 Å². The van der Waals surface area contributed by atoms with Crippen molar-refractivity contribution >= 4 is 11.7 Å². The zero-order chi connectivity index (χ0) is 15.4. The van der Waals surface area contributed by atoms with E-state index in [0.717, 1.165) is 24.1 Å². The molecule has 2 amide bonds. The van der Waals surface area contributed by atoms with Gasteiger partial charge in [-0.3, -0.25) is 0 Å². The molecule has 1 aliphatic carbocycles. The molecule has 0 aromatic heterocycles. The van der Waals surface area contributed by atoms with Gasteiger partial charge in [0.25, 0.3) is 0 Å². The van der Waals surface area contributed by atoms with E-state index in [0.29, 0.717) is 6.54 Å². The van der Waals surface area contributed by atoms with Crippen LogP contribution in [-0.4, -0.2) is 6.03 Å².